The van der Waals surface area contributed by atoms with E-state index in [0.29, 0.717) is 18.7 Å². The van der Waals surface area contributed by atoms with E-state index in [-0.39, 0.29) is 31.1 Å². The predicted octanol–water partition coefficient (Wildman–Crippen LogP) is 1.56. The van der Waals surface area contributed by atoms with Crippen LogP contribution in [0.4, 0.5) is 0 Å². The van der Waals surface area contributed by atoms with Crippen molar-refractivity contribution in [3.63, 3.8) is 0 Å². The lowest BCUT2D eigenvalue weighted by Crippen LogP contribution is -2.50. The highest BCUT2D eigenvalue weighted by Gasteiger charge is 2.39. The Kier molecular flexibility index (Phi) is 4.69. The van der Waals surface area contributed by atoms with Crippen LogP contribution in [0.15, 0.2) is 48.7 Å². The fourth-order valence-corrected chi connectivity index (χ4v) is 3.29. The number of rotatable bonds is 5. The molecule has 2 N–H and O–H groups in total. The summed E-state index contributed by atoms with van der Waals surface area (Å²) < 4.78 is 0. The third kappa shape index (κ3) is 2.98. The number of aromatic nitrogens is 1. The molecule has 0 radical (unpaired) electrons. The van der Waals surface area contributed by atoms with Crippen molar-refractivity contribution in [1.82, 2.24) is 9.88 Å². The summed E-state index contributed by atoms with van der Waals surface area (Å²) in [7, 11) is 0. The molecule has 0 fully saturated rings. The molecule has 23 heavy (non-hydrogen) atoms. The highest BCUT2D eigenvalue weighted by Crippen LogP contribution is 2.35. The van der Waals surface area contributed by atoms with Crippen molar-refractivity contribution >= 4 is 5.91 Å². The van der Waals surface area contributed by atoms with E-state index >= 15 is 0 Å². The molecule has 120 valence electrons. The van der Waals surface area contributed by atoms with Gasteiger partial charge in [-0.05, 0) is 23.6 Å². The van der Waals surface area contributed by atoms with Crippen LogP contribution in [0.2, 0.25) is 0 Å². The zero-order valence-corrected chi connectivity index (χ0v) is 12.8. The van der Waals surface area contributed by atoms with Gasteiger partial charge < -0.3 is 15.1 Å². The Morgan fingerprint density at radius 2 is 1.87 bits per heavy atom. The maximum absolute atomic E-state index is 12.8. The Morgan fingerprint density at radius 3 is 2.57 bits per heavy atom. The van der Waals surface area contributed by atoms with Crippen molar-refractivity contribution in [3.8, 4) is 0 Å². The zero-order chi connectivity index (χ0) is 16.2. The van der Waals surface area contributed by atoms with Crippen molar-refractivity contribution in [2.75, 3.05) is 13.2 Å². The Labute approximate surface area is 135 Å². The summed E-state index contributed by atoms with van der Waals surface area (Å²) in [5.74, 6) is -0.284. The van der Waals surface area contributed by atoms with E-state index in [2.05, 4.69) is 4.98 Å². The monoisotopic (exact) mass is 312 g/mol. The van der Waals surface area contributed by atoms with E-state index in [1.54, 1.807) is 17.2 Å². The van der Waals surface area contributed by atoms with Gasteiger partial charge in [-0.25, -0.2) is 0 Å². The molecule has 2 atom stereocenters. The number of carbonyl (C=O) groups is 1. The van der Waals surface area contributed by atoms with Crippen LogP contribution in [-0.4, -0.2) is 45.3 Å². The van der Waals surface area contributed by atoms with Crippen LogP contribution in [0.3, 0.4) is 0 Å². The Morgan fingerprint density at radius 1 is 1.09 bits per heavy atom. The minimum atomic E-state index is -0.355. The number of aliphatic hydroxyl groups is 2. The molecular weight excluding hydrogens is 292 g/mol. The first kappa shape index (κ1) is 15.6. The fourth-order valence-electron chi connectivity index (χ4n) is 3.29. The van der Waals surface area contributed by atoms with Gasteiger partial charge in [0.05, 0.1) is 12.6 Å². The number of carbonyl (C=O) groups excluding carboxylic acids is 1. The molecule has 1 aliphatic heterocycles. The normalized spacial score (nSPS) is 20.4. The van der Waals surface area contributed by atoms with Crippen LogP contribution in [-0.2, 0) is 6.54 Å². The summed E-state index contributed by atoms with van der Waals surface area (Å²) in [6.45, 7) is 0.281. The number of hydrogen-bond acceptors (Lipinski definition) is 4. The quantitative estimate of drug-likeness (QED) is 0.879. The molecule has 1 aliphatic rings. The predicted molar refractivity (Wildman–Crippen MR) is 85.9 cm³/mol. The number of pyridine rings is 1. The minimum absolute atomic E-state index is 0.00285. The molecule has 0 saturated carbocycles. The molecule has 1 aromatic heterocycles. The third-order valence-corrected chi connectivity index (χ3v) is 4.39. The topological polar surface area (TPSA) is 73.7 Å². The minimum Gasteiger partial charge on any atom is -0.396 e. The van der Waals surface area contributed by atoms with Crippen molar-refractivity contribution < 1.29 is 15.0 Å². The van der Waals surface area contributed by atoms with E-state index in [9.17, 15) is 15.0 Å². The van der Waals surface area contributed by atoms with Crippen LogP contribution in [0.25, 0.3) is 0 Å². The number of amides is 1. The van der Waals surface area contributed by atoms with Crippen molar-refractivity contribution in [3.05, 3.63) is 65.5 Å². The number of aliphatic hydroxyl groups excluding tert-OH is 2. The van der Waals surface area contributed by atoms with Crippen LogP contribution in [0.1, 0.15) is 34.0 Å². The van der Waals surface area contributed by atoms with Crippen LogP contribution >= 0.6 is 0 Å². The zero-order valence-electron chi connectivity index (χ0n) is 12.8. The van der Waals surface area contributed by atoms with Gasteiger partial charge in [0.25, 0.3) is 5.91 Å². The fraction of sp³-hybridized carbons (Fsp3) is 0.333. The number of hydrogen-bond donors (Lipinski definition) is 2. The molecule has 0 aliphatic carbocycles. The Balaban J connectivity index is 2.00. The first-order valence-corrected chi connectivity index (χ1v) is 7.77. The van der Waals surface area contributed by atoms with E-state index in [1.807, 2.05) is 36.4 Å². The third-order valence-electron chi connectivity index (χ3n) is 4.39. The second-order valence-corrected chi connectivity index (χ2v) is 5.73. The molecule has 0 spiro atoms. The van der Waals surface area contributed by atoms with Gasteiger partial charge in [-0.15, -0.1) is 0 Å². The summed E-state index contributed by atoms with van der Waals surface area (Å²) in [5, 5.41) is 19.3. The highest BCUT2D eigenvalue weighted by atomic mass is 16.3. The number of nitrogens with zero attached hydrogens (tertiary/aromatic N) is 2. The van der Waals surface area contributed by atoms with Gasteiger partial charge in [0, 0.05) is 25.3 Å². The Hall–Kier alpha value is -2.24. The van der Waals surface area contributed by atoms with Gasteiger partial charge in [0.1, 0.15) is 5.69 Å². The van der Waals surface area contributed by atoms with Crippen LogP contribution in [0, 0.1) is 0 Å². The summed E-state index contributed by atoms with van der Waals surface area (Å²) in [4.78, 5) is 18.7. The molecule has 1 amide bonds. The first-order valence-electron chi connectivity index (χ1n) is 7.77. The first-order chi connectivity index (χ1) is 11.3. The standard InChI is InChI=1S/C18H20N2O3/c21-10-8-14-15-7-4-9-19-17(15)18(23)20(16(14)12-22)11-13-5-2-1-3-6-13/h1-7,9,14,16,21-22H,8,10-12H2/t14-,16+/m0/s1. The van der Waals surface area contributed by atoms with Gasteiger partial charge in [-0.2, -0.15) is 0 Å². The second kappa shape index (κ2) is 6.89. The average molecular weight is 312 g/mol. The van der Waals surface area contributed by atoms with Gasteiger partial charge in [0.15, 0.2) is 0 Å². The lowest BCUT2D eigenvalue weighted by Gasteiger charge is -2.40. The molecule has 5 nitrogen and oxygen atoms in total. The average Bonchev–Trinajstić information content (AvgIpc) is 2.60. The number of benzene rings is 1. The van der Waals surface area contributed by atoms with Crippen LogP contribution < -0.4 is 0 Å². The summed E-state index contributed by atoms with van der Waals surface area (Å²) in [6.07, 6.45) is 2.09. The molecule has 2 aromatic rings. The lowest BCUT2D eigenvalue weighted by molar-refractivity contribution is 0.0438. The van der Waals surface area contributed by atoms with Crippen LogP contribution in [0.5, 0.6) is 0 Å². The molecule has 5 heteroatoms. The smallest absolute Gasteiger partial charge is 0.273 e. The van der Waals surface area contributed by atoms with Gasteiger partial charge in [-0.1, -0.05) is 36.4 Å². The van der Waals surface area contributed by atoms with E-state index in [0.717, 1.165) is 11.1 Å². The second-order valence-electron chi connectivity index (χ2n) is 5.73. The maximum Gasteiger partial charge on any atom is 0.273 e. The van der Waals surface area contributed by atoms with Crippen molar-refractivity contribution in [1.29, 1.82) is 0 Å². The lowest BCUT2D eigenvalue weighted by atomic mass is 9.83. The largest absolute Gasteiger partial charge is 0.396 e. The summed E-state index contributed by atoms with van der Waals surface area (Å²) >= 11 is 0. The van der Waals surface area contributed by atoms with E-state index < -0.39 is 0 Å². The molecule has 2 heterocycles. The van der Waals surface area contributed by atoms with Gasteiger partial charge >= 0.3 is 0 Å². The summed E-state index contributed by atoms with van der Waals surface area (Å²) in [6, 6.07) is 13.0. The molecule has 0 unspecified atom stereocenters. The molecule has 1 aromatic carbocycles. The Bertz CT molecular complexity index is 675. The summed E-state index contributed by atoms with van der Waals surface area (Å²) in [5.41, 5.74) is 2.24. The molecule has 0 bridgehead atoms. The van der Waals surface area contributed by atoms with E-state index in [1.165, 1.54) is 0 Å². The molecule has 0 saturated heterocycles. The number of fused-ring (bicyclic) bond motifs is 1. The van der Waals surface area contributed by atoms with Crippen molar-refractivity contribution in [2.45, 2.75) is 24.9 Å². The van der Waals surface area contributed by atoms with Gasteiger partial charge in [-0.3, -0.25) is 9.78 Å². The molecular formula is C18H20N2O3. The van der Waals surface area contributed by atoms with Gasteiger partial charge in [0.2, 0.25) is 0 Å². The molecule has 3 rings (SSSR count). The highest BCUT2D eigenvalue weighted by molar-refractivity contribution is 5.95. The van der Waals surface area contributed by atoms with Crippen molar-refractivity contribution in [2.24, 2.45) is 0 Å². The SMILES string of the molecule is O=C1c2ncccc2[C@H](CCO)[C@@H](CO)N1Cc1ccccc1. The maximum atomic E-state index is 12.8. The van der Waals surface area contributed by atoms with E-state index in [4.69, 9.17) is 0 Å².